The lowest BCUT2D eigenvalue weighted by atomic mass is 10.0. The van der Waals surface area contributed by atoms with Crippen molar-refractivity contribution in [2.45, 2.75) is 32.3 Å². The molecule has 33 heavy (non-hydrogen) atoms. The second kappa shape index (κ2) is 9.98. The molecule has 0 saturated carbocycles. The van der Waals surface area contributed by atoms with Crippen LogP contribution in [-0.4, -0.2) is 55.6 Å². The smallest absolute Gasteiger partial charge is 0.335 e. The van der Waals surface area contributed by atoms with Gasteiger partial charge >= 0.3 is 6.03 Å². The highest BCUT2D eigenvalue weighted by molar-refractivity contribution is 6.32. The zero-order valence-corrected chi connectivity index (χ0v) is 19.5. The lowest BCUT2D eigenvalue weighted by molar-refractivity contribution is 0.0624. The molecule has 172 valence electrons. The molecule has 3 N–H and O–H groups in total. The summed E-state index contributed by atoms with van der Waals surface area (Å²) in [5.41, 5.74) is 8.17. The van der Waals surface area contributed by atoms with Gasteiger partial charge in [-0.05, 0) is 44.0 Å². The number of carbonyl (C=O) groups excluding carboxylic acids is 1. The molecular formula is C23H26ClN7O2. The number of carbonyl (C=O) groups is 1. The van der Waals surface area contributed by atoms with Crippen LogP contribution in [-0.2, 0) is 13.5 Å². The number of hydrogen-bond donors (Lipinski definition) is 2. The average Bonchev–Trinajstić information content (AvgIpc) is 3.16. The van der Waals surface area contributed by atoms with Crippen LogP contribution in [0.5, 0.6) is 0 Å². The second-order valence-corrected chi connectivity index (χ2v) is 8.75. The predicted octanol–water partition coefficient (Wildman–Crippen LogP) is 3.63. The summed E-state index contributed by atoms with van der Waals surface area (Å²) in [5.74, 6) is 0. The number of imidazole rings is 1. The number of urea groups is 1. The number of benzene rings is 1. The third-order valence-electron chi connectivity index (χ3n) is 5.11. The summed E-state index contributed by atoms with van der Waals surface area (Å²) in [6.45, 7) is 10.9. The standard InChI is InChI=1S/C23H26ClN7O2/c1-23(2,33)6-8-31(22(25)32)28-12-16-10-20(21-13-27-14-30(21)4)29-19-11-18(24)15(5-7-26-3)9-17(16)19/h9-14,33H,5-8H2,1-2,4H3,(H2,25,32)/b28-12+. The number of pyridine rings is 1. The lowest BCUT2D eigenvalue weighted by Crippen LogP contribution is -2.35. The average molecular weight is 468 g/mol. The molecule has 0 spiro atoms. The molecule has 0 fully saturated rings. The quantitative estimate of drug-likeness (QED) is 0.299. The van der Waals surface area contributed by atoms with Crippen molar-refractivity contribution in [3.8, 4) is 11.4 Å². The molecule has 1 aromatic carbocycles. The van der Waals surface area contributed by atoms with Gasteiger partial charge in [0, 0.05) is 36.0 Å². The van der Waals surface area contributed by atoms with Gasteiger partial charge in [0.15, 0.2) is 0 Å². The lowest BCUT2D eigenvalue weighted by Gasteiger charge is -2.21. The van der Waals surface area contributed by atoms with E-state index in [1.165, 1.54) is 0 Å². The molecule has 0 unspecified atom stereocenters. The number of hydrogen-bond acceptors (Lipinski definition) is 5. The molecule has 0 radical (unpaired) electrons. The van der Waals surface area contributed by atoms with Crippen LogP contribution in [0.3, 0.4) is 0 Å². The number of nitrogens with zero attached hydrogens (tertiary/aromatic N) is 6. The largest absolute Gasteiger partial charge is 0.390 e. The van der Waals surface area contributed by atoms with Gasteiger partial charge in [0.1, 0.15) is 0 Å². The maximum Gasteiger partial charge on any atom is 0.335 e. The van der Waals surface area contributed by atoms with E-state index in [0.29, 0.717) is 41.2 Å². The third kappa shape index (κ3) is 6.06. The third-order valence-corrected chi connectivity index (χ3v) is 5.46. The van der Waals surface area contributed by atoms with Gasteiger partial charge in [-0.25, -0.2) is 26.3 Å². The Morgan fingerprint density at radius 3 is 2.79 bits per heavy atom. The van der Waals surface area contributed by atoms with Crippen LogP contribution in [0.15, 0.2) is 35.8 Å². The van der Waals surface area contributed by atoms with Crippen LogP contribution < -0.4 is 5.73 Å². The zero-order chi connectivity index (χ0) is 24.2. The number of halogens is 1. The molecular weight excluding hydrogens is 442 g/mol. The number of nitrogens with two attached hydrogens (primary N) is 1. The van der Waals surface area contributed by atoms with Crippen LogP contribution in [0.2, 0.25) is 5.02 Å². The summed E-state index contributed by atoms with van der Waals surface area (Å²) < 4.78 is 1.85. The number of hydrazone groups is 1. The van der Waals surface area contributed by atoms with Crippen molar-refractivity contribution in [1.82, 2.24) is 19.5 Å². The molecule has 2 aromatic heterocycles. The minimum Gasteiger partial charge on any atom is -0.390 e. The number of aliphatic hydroxyl groups is 1. The molecule has 0 bridgehead atoms. The van der Waals surface area contributed by atoms with Gasteiger partial charge < -0.3 is 20.3 Å². The van der Waals surface area contributed by atoms with Gasteiger partial charge in [0.2, 0.25) is 6.54 Å². The molecule has 2 heterocycles. The Bertz CT molecular complexity index is 1240. The fourth-order valence-corrected chi connectivity index (χ4v) is 3.52. The van der Waals surface area contributed by atoms with Crippen molar-refractivity contribution in [2.24, 2.45) is 17.9 Å². The number of aryl methyl sites for hydroxylation is 1. The highest BCUT2D eigenvalue weighted by Crippen LogP contribution is 2.29. The first kappa shape index (κ1) is 24.2. The van der Waals surface area contributed by atoms with Crippen LogP contribution in [0, 0.1) is 6.57 Å². The van der Waals surface area contributed by atoms with E-state index in [1.54, 1.807) is 38.7 Å². The van der Waals surface area contributed by atoms with E-state index < -0.39 is 11.6 Å². The van der Waals surface area contributed by atoms with E-state index in [0.717, 1.165) is 21.7 Å². The van der Waals surface area contributed by atoms with Crippen molar-refractivity contribution in [1.29, 1.82) is 0 Å². The van der Waals surface area contributed by atoms with Gasteiger partial charge in [-0.1, -0.05) is 11.6 Å². The summed E-state index contributed by atoms with van der Waals surface area (Å²) >= 11 is 6.47. The SMILES string of the molecule is [C-]#[N+]CCc1cc2c(/C=N/N(CCC(C)(C)O)C(N)=O)cc(-c3cncn3C)nc2cc1Cl. The molecule has 0 saturated heterocycles. The molecule has 0 atom stereocenters. The topological polar surface area (TPSA) is 114 Å². The van der Waals surface area contributed by atoms with E-state index in [4.69, 9.17) is 28.9 Å². The van der Waals surface area contributed by atoms with Crippen molar-refractivity contribution in [2.75, 3.05) is 13.1 Å². The first-order chi connectivity index (χ1) is 15.6. The molecule has 3 rings (SSSR count). The molecule has 3 aromatic rings. The zero-order valence-electron chi connectivity index (χ0n) is 18.8. The Balaban J connectivity index is 2.11. The van der Waals surface area contributed by atoms with Crippen LogP contribution in [0.25, 0.3) is 27.1 Å². The van der Waals surface area contributed by atoms with Crippen LogP contribution in [0.1, 0.15) is 31.4 Å². The summed E-state index contributed by atoms with van der Waals surface area (Å²) in [5, 5.41) is 16.7. The Labute approximate surface area is 197 Å². The molecule has 0 aliphatic rings. The summed E-state index contributed by atoms with van der Waals surface area (Å²) in [6.07, 6.45) is 5.75. The highest BCUT2D eigenvalue weighted by atomic mass is 35.5. The first-order valence-electron chi connectivity index (χ1n) is 10.4. The van der Waals surface area contributed by atoms with Crippen molar-refractivity contribution in [3.63, 3.8) is 0 Å². The molecule has 0 aliphatic heterocycles. The number of primary amides is 1. The van der Waals surface area contributed by atoms with Gasteiger partial charge in [-0.15, -0.1) is 0 Å². The molecule has 10 heteroatoms. The fraction of sp³-hybridized carbons (Fsp3) is 0.348. The highest BCUT2D eigenvalue weighted by Gasteiger charge is 2.17. The molecule has 9 nitrogen and oxygen atoms in total. The van der Waals surface area contributed by atoms with Crippen molar-refractivity contribution in [3.05, 3.63) is 58.3 Å². The number of rotatable bonds is 8. The van der Waals surface area contributed by atoms with Gasteiger partial charge in [-0.2, -0.15) is 5.10 Å². The van der Waals surface area contributed by atoms with Gasteiger partial charge in [0.05, 0.1) is 41.2 Å². The number of amides is 2. The van der Waals surface area contributed by atoms with Gasteiger partial charge in [0.25, 0.3) is 0 Å². The Morgan fingerprint density at radius 2 is 2.18 bits per heavy atom. The second-order valence-electron chi connectivity index (χ2n) is 8.35. The number of fused-ring (bicyclic) bond motifs is 1. The first-order valence-corrected chi connectivity index (χ1v) is 10.7. The van der Waals surface area contributed by atoms with Crippen molar-refractivity contribution < 1.29 is 9.90 Å². The maximum absolute atomic E-state index is 11.9. The maximum atomic E-state index is 11.9. The Hall–Kier alpha value is -3.48. The molecule has 2 amide bonds. The van der Waals surface area contributed by atoms with E-state index in [2.05, 4.69) is 14.9 Å². The van der Waals surface area contributed by atoms with E-state index in [-0.39, 0.29) is 6.54 Å². The molecule has 0 aliphatic carbocycles. The van der Waals surface area contributed by atoms with Crippen LogP contribution >= 0.6 is 11.6 Å². The summed E-state index contributed by atoms with van der Waals surface area (Å²) in [4.78, 5) is 24.2. The minimum atomic E-state index is -0.964. The minimum absolute atomic E-state index is 0.162. The monoisotopic (exact) mass is 467 g/mol. The summed E-state index contributed by atoms with van der Waals surface area (Å²) in [7, 11) is 1.87. The normalized spacial score (nSPS) is 11.8. The van der Waals surface area contributed by atoms with E-state index in [9.17, 15) is 9.90 Å². The summed E-state index contributed by atoms with van der Waals surface area (Å²) in [6, 6.07) is 4.80. The van der Waals surface area contributed by atoms with E-state index in [1.807, 2.05) is 23.7 Å². The van der Waals surface area contributed by atoms with E-state index >= 15 is 0 Å². The fourth-order valence-electron chi connectivity index (χ4n) is 3.26. The van der Waals surface area contributed by atoms with Crippen molar-refractivity contribution >= 4 is 34.7 Å². The van der Waals surface area contributed by atoms with Gasteiger partial charge in [-0.3, -0.25) is 0 Å². The Kier molecular flexibility index (Phi) is 7.31. The van der Waals surface area contributed by atoms with Crippen LogP contribution in [0.4, 0.5) is 4.79 Å². The predicted molar refractivity (Wildman–Crippen MR) is 129 cm³/mol. The number of aromatic nitrogens is 3. The Morgan fingerprint density at radius 1 is 1.42 bits per heavy atom.